The molecule has 0 unspecified atom stereocenters. The topological polar surface area (TPSA) is 84.3 Å². The molecule has 0 radical (unpaired) electrons. The van der Waals surface area contributed by atoms with E-state index in [4.69, 9.17) is 0 Å². The molecule has 34 heavy (non-hydrogen) atoms. The van der Waals surface area contributed by atoms with Crippen LogP contribution in [0.5, 0.6) is 0 Å². The molecule has 7 nitrogen and oxygen atoms in total. The largest absolute Gasteiger partial charge is 0.345 e. The number of aromatic nitrogens is 2. The average molecular weight is 475 g/mol. The maximum absolute atomic E-state index is 13.5. The Kier molecular flexibility index (Phi) is 5.83. The first-order valence-corrected chi connectivity index (χ1v) is 12.9. The average Bonchev–Trinajstić information content (AvgIpc) is 3.24. The Bertz CT molecular complexity index is 1480. The van der Waals surface area contributed by atoms with Crippen molar-refractivity contribution < 1.29 is 13.2 Å². The molecule has 4 aromatic rings. The van der Waals surface area contributed by atoms with Crippen LogP contribution < -0.4 is 9.62 Å². The number of hydrogen-bond donors (Lipinski definition) is 1. The summed E-state index contributed by atoms with van der Waals surface area (Å²) >= 11 is 0. The van der Waals surface area contributed by atoms with Crippen LogP contribution in [0.15, 0.2) is 77.7 Å². The summed E-state index contributed by atoms with van der Waals surface area (Å²) in [6.07, 6.45) is 1.61. The normalized spacial score (nSPS) is 13.6. The number of carbonyl (C=O) groups excluding carboxylic acids is 1. The van der Waals surface area contributed by atoms with Crippen molar-refractivity contribution in [3.05, 3.63) is 89.7 Å². The fourth-order valence-corrected chi connectivity index (χ4v) is 6.14. The molecule has 1 amide bonds. The predicted octanol–water partition coefficient (Wildman–Crippen LogP) is 4.13. The molecule has 8 heteroatoms. The van der Waals surface area contributed by atoms with Gasteiger partial charge in [-0.2, -0.15) is 0 Å². The smallest absolute Gasteiger partial charge is 0.264 e. The van der Waals surface area contributed by atoms with Gasteiger partial charge in [0, 0.05) is 18.7 Å². The van der Waals surface area contributed by atoms with Crippen LogP contribution in [0, 0.1) is 0 Å². The van der Waals surface area contributed by atoms with Gasteiger partial charge in [-0.25, -0.2) is 13.4 Å². The zero-order chi connectivity index (χ0) is 23.7. The Morgan fingerprint density at radius 3 is 2.68 bits per heavy atom. The van der Waals surface area contributed by atoms with Crippen LogP contribution >= 0.6 is 0 Å². The van der Waals surface area contributed by atoms with E-state index in [1.807, 2.05) is 55.5 Å². The minimum absolute atomic E-state index is 0.109. The fourth-order valence-electron chi connectivity index (χ4n) is 4.55. The fraction of sp³-hybridized carbons (Fsp3) is 0.231. The highest BCUT2D eigenvalue weighted by Crippen LogP contribution is 2.32. The monoisotopic (exact) mass is 474 g/mol. The van der Waals surface area contributed by atoms with E-state index < -0.39 is 10.0 Å². The van der Waals surface area contributed by atoms with Gasteiger partial charge < -0.3 is 9.88 Å². The van der Waals surface area contributed by atoms with Crippen LogP contribution in [0.2, 0.25) is 0 Å². The van der Waals surface area contributed by atoms with E-state index in [2.05, 4.69) is 14.9 Å². The van der Waals surface area contributed by atoms with Gasteiger partial charge in [0.25, 0.3) is 15.9 Å². The highest BCUT2D eigenvalue weighted by Gasteiger charge is 2.29. The van der Waals surface area contributed by atoms with Crippen molar-refractivity contribution >= 4 is 32.7 Å². The van der Waals surface area contributed by atoms with E-state index in [0.717, 1.165) is 41.8 Å². The first kappa shape index (κ1) is 22.2. The summed E-state index contributed by atoms with van der Waals surface area (Å²) in [5.41, 5.74) is 3.92. The van der Waals surface area contributed by atoms with Gasteiger partial charge in [0.2, 0.25) is 0 Å². The second kappa shape index (κ2) is 8.95. The third-order valence-electron chi connectivity index (χ3n) is 6.21. The van der Waals surface area contributed by atoms with E-state index in [1.165, 1.54) is 10.4 Å². The summed E-state index contributed by atoms with van der Waals surface area (Å²) in [6, 6.07) is 21.6. The van der Waals surface area contributed by atoms with Gasteiger partial charge >= 0.3 is 0 Å². The van der Waals surface area contributed by atoms with Crippen LogP contribution in [0.4, 0.5) is 5.69 Å². The number of para-hydroxylation sites is 3. The minimum Gasteiger partial charge on any atom is -0.345 e. The van der Waals surface area contributed by atoms with Gasteiger partial charge in [0.1, 0.15) is 5.82 Å². The Morgan fingerprint density at radius 1 is 1.03 bits per heavy atom. The summed E-state index contributed by atoms with van der Waals surface area (Å²) in [7, 11) is -3.79. The van der Waals surface area contributed by atoms with Crippen molar-refractivity contribution in [2.45, 2.75) is 37.8 Å². The zero-order valence-corrected chi connectivity index (χ0v) is 19.8. The molecule has 1 aliphatic heterocycles. The molecule has 0 bridgehead atoms. The number of nitrogens with one attached hydrogen (secondary N) is 1. The van der Waals surface area contributed by atoms with Gasteiger partial charge in [0.15, 0.2) is 0 Å². The summed E-state index contributed by atoms with van der Waals surface area (Å²) in [6.45, 7) is 3.43. The number of carbonyl (C=O) groups is 1. The Morgan fingerprint density at radius 2 is 1.82 bits per heavy atom. The Balaban J connectivity index is 1.38. The quantitative estimate of drug-likeness (QED) is 0.455. The molecular formula is C26H26N4O3S. The minimum atomic E-state index is -3.79. The first-order chi connectivity index (χ1) is 16.5. The maximum Gasteiger partial charge on any atom is 0.264 e. The number of aryl methyl sites for hydroxylation is 2. The SMILES string of the molecule is CCn1c(CNC(=O)c2cccc(S(=O)(=O)N3CCCc4ccccc43)c2)nc2ccccc21. The zero-order valence-electron chi connectivity index (χ0n) is 18.9. The molecule has 5 rings (SSSR count). The molecule has 0 fully saturated rings. The van der Waals surface area contributed by atoms with Crippen molar-refractivity contribution in [3.8, 4) is 0 Å². The highest BCUT2D eigenvalue weighted by molar-refractivity contribution is 7.92. The van der Waals surface area contributed by atoms with Crippen LogP contribution in [-0.2, 0) is 29.5 Å². The number of rotatable bonds is 6. The Hall–Kier alpha value is -3.65. The van der Waals surface area contributed by atoms with E-state index >= 15 is 0 Å². The van der Waals surface area contributed by atoms with Crippen LogP contribution in [0.25, 0.3) is 11.0 Å². The maximum atomic E-state index is 13.5. The van der Waals surface area contributed by atoms with Crippen molar-refractivity contribution in [2.75, 3.05) is 10.8 Å². The standard InChI is InChI=1S/C26H26N4O3S/c1-2-29-24-15-6-4-13-22(24)28-25(29)18-27-26(31)20-10-7-12-21(17-20)34(32,33)30-16-8-11-19-9-3-5-14-23(19)30/h3-7,9-10,12-15,17H,2,8,11,16,18H2,1H3,(H,27,31). The van der Waals surface area contributed by atoms with Crippen molar-refractivity contribution in [1.29, 1.82) is 0 Å². The number of amides is 1. The van der Waals surface area contributed by atoms with E-state index in [9.17, 15) is 13.2 Å². The third kappa shape index (κ3) is 3.94. The van der Waals surface area contributed by atoms with Crippen molar-refractivity contribution in [1.82, 2.24) is 14.9 Å². The van der Waals surface area contributed by atoms with Crippen LogP contribution in [0.3, 0.4) is 0 Å². The van der Waals surface area contributed by atoms with Crippen molar-refractivity contribution in [2.24, 2.45) is 0 Å². The second-order valence-corrected chi connectivity index (χ2v) is 10.1. The number of benzene rings is 3. The lowest BCUT2D eigenvalue weighted by Crippen LogP contribution is -2.35. The molecule has 1 N–H and O–H groups in total. The number of hydrogen-bond acceptors (Lipinski definition) is 4. The molecule has 0 saturated heterocycles. The van der Waals surface area contributed by atoms with Crippen LogP contribution in [-0.4, -0.2) is 30.4 Å². The van der Waals surface area contributed by atoms with E-state index in [1.54, 1.807) is 18.2 Å². The molecule has 0 spiro atoms. The molecular weight excluding hydrogens is 448 g/mol. The summed E-state index contributed by atoms with van der Waals surface area (Å²) in [5, 5.41) is 2.89. The molecule has 174 valence electrons. The lowest BCUT2D eigenvalue weighted by atomic mass is 10.0. The first-order valence-electron chi connectivity index (χ1n) is 11.4. The molecule has 1 aliphatic rings. The van der Waals surface area contributed by atoms with Crippen LogP contribution in [0.1, 0.15) is 35.1 Å². The lowest BCUT2D eigenvalue weighted by molar-refractivity contribution is 0.0949. The molecule has 1 aromatic heterocycles. The van der Waals surface area contributed by atoms with E-state index in [0.29, 0.717) is 17.8 Å². The molecule has 2 heterocycles. The number of imidazole rings is 1. The number of nitrogens with zero attached hydrogens (tertiary/aromatic N) is 3. The number of fused-ring (bicyclic) bond motifs is 2. The lowest BCUT2D eigenvalue weighted by Gasteiger charge is -2.30. The van der Waals surface area contributed by atoms with Gasteiger partial charge in [-0.15, -0.1) is 0 Å². The summed E-state index contributed by atoms with van der Waals surface area (Å²) in [4.78, 5) is 17.7. The highest BCUT2D eigenvalue weighted by atomic mass is 32.2. The number of sulfonamides is 1. The molecule has 0 saturated carbocycles. The van der Waals surface area contributed by atoms with Gasteiger partial charge in [-0.1, -0.05) is 36.4 Å². The van der Waals surface area contributed by atoms with Gasteiger partial charge in [-0.3, -0.25) is 9.10 Å². The van der Waals surface area contributed by atoms with E-state index in [-0.39, 0.29) is 17.3 Å². The number of anilines is 1. The predicted molar refractivity (Wildman–Crippen MR) is 132 cm³/mol. The van der Waals surface area contributed by atoms with Crippen molar-refractivity contribution in [3.63, 3.8) is 0 Å². The third-order valence-corrected chi connectivity index (χ3v) is 8.02. The summed E-state index contributed by atoms with van der Waals surface area (Å²) < 4.78 is 30.4. The summed E-state index contributed by atoms with van der Waals surface area (Å²) in [5.74, 6) is 0.413. The molecule has 3 aromatic carbocycles. The van der Waals surface area contributed by atoms with Gasteiger partial charge in [-0.05, 0) is 61.7 Å². The Labute approximate surface area is 199 Å². The van der Waals surface area contributed by atoms with Gasteiger partial charge in [0.05, 0.1) is 28.2 Å². The molecule has 0 atom stereocenters. The molecule has 0 aliphatic carbocycles. The second-order valence-electron chi connectivity index (χ2n) is 8.28.